The van der Waals surface area contributed by atoms with E-state index in [0.29, 0.717) is 0 Å². The van der Waals surface area contributed by atoms with Gasteiger partial charge in [0, 0.05) is 44.5 Å². The van der Waals surface area contributed by atoms with Crippen LogP contribution in [0.4, 0.5) is 17.1 Å². The lowest BCUT2D eigenvalue weighted by molar-refractivity contribution is 0.661. The van der Waals surface area contributed by atoms with Gasteiger partial charge in [0.15, 0.2) is 0 Å². The van der Waals surface area contributed by atoms with E-state index in [1.54, 1.807) is 0 Å². The minimum atomic E-state index is -0.135. The molecule has 0 saturated heterocycles. The van der Waals surface area contributed by atoms with Crippen LogP contribution in [0.3, 0.4) is 0 Å². The molecule has 1 aromatic heterocycles. The molecule has 8 aromatic rings. The quantitative estimate of drug-likeness (QED) is 0.190. The number of benzene rings is 7. The van der Waals surface area contributed by atoms with Crippen LogP contribution in [-0.2, 0) is 5.41 Å². The van der Waals surface area contributed by atoms with Gasteiger partial charge in [0.05, 0.1) is 11.0 Å². The van der Waals surface area contributed by atoms with Crippen LogP contribution in [0.1, 0.15) is 25.0 Å². The Morgan fingerprint density at radius 2 is 1.04 bits per heavy atom. The maximum absolute atomic E-state index is 2.49. The Balaban J connectivity index is 1.33. The smallest absolute Gasteiger partial charge is 0.0628 e. The maximum Gasteiger partial charge on any atom is 0.0628 e. The Kier molecular flexibility index (Phi) is 6.20. The molecular weight excluding hydrogens is 569 g/mol. The van der Waals surface area contributed by atoms with Crippen LogP contribution >= 0.6 is 0 Å². The van der Waals surface area contributed by atoms with Crippen LogP contribution in [0.25, 0.3) is 49.7 Å². The number of hydrogen-bond acceptors (Lipinski definition) is 1. The number of anilines is 3. The van der Waals surface area contributed by atoms with Crippen molar-refractivity contribution in [3.05, 3.63) is 181 Å². The third-order valence-electron chi connectivity index (χ3n) is 9.96. The molecule has 0 unspecified atom stereocenters. The topological polar surface area (TPSA) is 8.17 Å². The third kappa shape index (κ3) is 4.18. The average molecular weight is 603 g/mol. The van der Waals surface area contributed by atoms with E-state index >= 15 is 0 Å². The van der Waals surface area contributed by atoms with Gasteiger partial charge in [0.25, 0.3) is 0 Å². The first-order chi connectivity index (χ1) is 23.1. The molecule has 224 valence electrons. The highest BCUT2D eigenvalue weighted by atomic mass is 15.1. The molecule has 0 N–H and O–H groups in total. The lowest BCUT2D eigenvalue weighted by Crippen LogP contribution is -2.15. The Hall–Kier alpha value is -5.86. The van der Waals surface area contributed by atoms with E-state index in [0.717, 1.165) is 17.1 Å². The van der Waals surface area contributed by atoms with E-state index in [2.05, 4.69) is 193 Å². The molecule has 1 heterocycles. The van der Waals surface area contributed by atoms with E-state index in [9.17, 15) is 0 Å². The zero-order chi connectivity index (χ0) is 31.5. The Morgan fingerprint density at radius 1 is 0.489 bits per heavy atom. The molecule has 7 aromatic carbocycles. The largest absolute Gasteiger partial charge is 0.311 e. The monoisotopic (exact) mass is 602 g/mol. The van der Waals surface area contributed by atoms with Crippen molar-refractivity contribution in [1.82, 2.24) is 4.57 Å². The molecule has 0 aliphatic heterocycles. The molecule has 9 rings (SSSR count). The summed E-state index contributed by atoms with van der Waals surface area (Å²) >= 11 is 0. The SMILES string of the molecule is CC1(C)c2ccccc2-c2c1cc(-c1ccc(N(c3ccccc3)c3ccccc3)cc1)c1c3ccccc3n(-c3ccccc3)c21. The molecule has 0 bridgehead atoms. The second-order valence-corrected chi connectivity index (χ2v) is 13.0. The summed E-state index contributed by atoms with van der Waals surface area (Å²) in [6.45, 7) is 4.76. The number of fused-ring (bicyclic) bond motifs is 7. The molecule has 2 heteroatoms. The molecule has 0 fully saturated rings. The third-order valence-corrected chi connectivity index (χ3v) is 9.96. The Labute approximate surface area is 275 Å². The average Bonchev–Trinajstić information content (AvgIpc) is 3.59. The van der Waals surface area contributed by atoms with Gasteiger partial charge < -0.3 is 9.47 Å². The Bertz CT molecular complexity index is 2360. The van der Waals surface area contributed by atoms with Crippen molar-refractivity contribution in [1.29, 1.82) is 0 Å². The molecule has 0 spiro atoms. The van der Waals surface area contributed by atoms with Crippen molar-refractivity contribution < 1.29 is 0 Å². The van der Waals surface area contributed by atoms with Gasteiger partial charge >= 0.3 is 0 Å². The zero-order valence-electron chi connectivity index (χ0n) is 26.6. The second kappa shape index (κ2) is 10.6. The minimum Gasteiger partial charge on any atom is -0.311 e. The van der Waals surface area contributed by atoms with Crippen LogP contribution in [0.15, 0.2) is 170 Å². The normalized spacial score (nSPS) is 13.1. The van der Waals surface area contributed by atoms with Gasteiger partial charge in [0.2, 0.25) is 0 Å². The summed E-state index contributed by atoms with van der Waals surface area (Å²) in [5.41, 5.74) is 14.9. The molecule has 0 amide bonds. The molecule has 0 atom stereocenters. The lowest BCUT2D eigenvalue weighted by atomic mass is 9.81. The van der Waals surface area contributed by atoms with Crippen molar-refractivity contribution in [2.45, 2.75) is 19.3 Å². The van der Waals surface area contributed by atoms with E-state index in [-0.39, 0.29) is 5.41 Å². The number of rotatable bonds is 5. The summed E-state index contributed by atoms with van der Waals surface area (Å²) in [5, 5.41) is 2.57. The van der Waals surface area contributed by atoms with Crippen molar-refractivity contribution in [3.63, 3.8) is 0 Å². The maximum atomic E-state index is 2.49. The summed E-state index contributed by atoms with van der Waals surface area (Å²) in [6.07, 6.45) is 0. The number of para-hydroxylation sites is 4. The van der Waals surface area contributed by atoms with E-state index < -0.39 is 0 Å². The molecule has 0 saturated carbocycles. The minimum absolute atomic E-state index is 0.135. The molecule has 1 aliphatic carbocycles. The highest BCUT2D eigenvalue weighted by Gasteiger charge is 2.38. The summed E-state index contributed by atoms with van der Waals surface area (Å²) in [6, 6.07) is 61.6. The van der Waals surface area contributed by atoms with Crippen molar-refractivity contribution >= 4 is 38.9 Å². The van der Waals surface area contributed by atoms with Crippen molar-refractivity contribution in [2.75, 3.05) is 4.90 Å². The van der Waals surface area contributed by atoms with Gasteiger partial charge in [-0.25, -0.2) is 0 Å². The molecule has 0 radical (unpaired) electrons. The highest BCUT2D eigenvalue weighted by Crippen LogP contribution is 2.55. The second-order valence-electron chi connectivity index (χ2n) is 13.0. The van der Waals surface area contributed by atoms with Crippen molar-refractivity contribution in [3.8, 4) is 27.9 Å². The highest BCUT2D eigenvalue weighted by molar-refractivity contribution is 6.21. The van der Waals surface area contributed by atoms with E-state index in [1.807, 2.05) is 0 Å². The molecule has 1 aliphatic rings. The van der Waals surface area contributed by atoms with Gasteiger partial charge in [-0.3, -0.25) is 0 Å². The van der Waals surface area contributed by atoms with E-state index in [4.69, 9.17) is 0 Å². The predicted molar refractivity (Wildman–Crippen MR) is 198 cm³/mol. The van der Waals surface area contributed by atoms with Crippen LogP contribution in [0, 0.1) is 0 Å². The van der Waals surface area contributed by atoms with Gasteiger partial charge in [-0.15, -0.1) is 0 Å². The van der Waals surface area contributed by atoms with E-state index in [1.165, 1.54) is 60.9 Å². The fourth-order valence-electron chi connectivity index (χ4n) is 7.79. The standard InChI is InChI=1S/C45H34N2/c1-45(2)39-24-14-12-22-36(39)43-40(45)30-38(42-37-23-13-15-25-41(37)47(44(42)43)34-20-10-5-11-21-34)31-26-28-35(29-27-31)46(32-16-6-3-7-17-32)33-18-8-4-9-19-33/h3-30H,1-2H3. The van der Waals surface area contributed by atoms with Crippen LogP contribution < -0.4 is 4.90 Å². The fourth-order valence-corrected chi connectivity index (χ4v) is 7.79. The number of hydrogen-bond donors (Lipinski definition) is 0. The van der Waals surface area contributed by atoms with Gasteiger partial charge in [-0.05, 0) is 88.5 Å². The summed E-state index contributed by atoms with van der Waals surface area (Å²) in [7, 11) is 0. The van der Waals surface area contributed by atoms with Crippen molar-refractivity contribution in [2.24, 2.45) is 0 Å². The molecule has 47 heavy (non-hydrogen) atoms. The van der Waals surface area contributed by atoms with Gasteiger partial charge in [0.1, 0.15) is 0 Å². The summed E-state index contributed by atoms with van der Waals surface area (Å²) in [5.74, 6) is 0. The summed E-state index contributed by atoms with van der Waals surface area (Å²) in [4.78, 5) is 2.32. The van der Waals surface area contributed by atoms with Gasteiger partial charge in [-0.1, -0.05) is 123 Å². The first-order valence-corrected chi connectivity index (χ1v) is 16.4. The van der Waals surface area contributed by atoms with Crippen LogP contribution in [-0.4, -0.2) is 4.57 Å². The molecular formula is C45H34N2. The first kappa shape index (κ1) is 27.5. The zero-order valence-corrected chi connectivity index (χ0v) is 26.6. The summed E-state index contributed by atoms with van der Waals surface area (Å²) < 4.78 is 2.49. The van der Waals surface area contributed by atoms with Crippen LogP contribution in [0.2, 0.25) is 0 Å². The number of nitrogens with zero attached hydrogens (tertiary/aromatic N) is 2. The first-order valence-electron chi connectivity index (χ1n) is 16.4. The predicted octanol–water partition coefficient (Wildman–Crippen LogP) is 12.2. The number of aromatic nitrogens is 1. The molecule has 2 nitrogen and oxygen atoms in total. The Morgan fingerprint density at radius 3 is 1.72 bits per heavy atom. The van der Waals surface area contributed by atoms with Gasteiger partial charge in [-0.2, -0.15) is 0 Å². The van der Waals surface area contributed by atoms with Crippen LogP contribution in [0.5, 0.6) is 0 Å². The lowest BCUT2D eigenvalue weighted by Gasteiger charge is -2.26. The fraction of sp³-hybridized carbons (Fsp3) is 0.0667.